The quantitative estimate of drug-likeness (QED) is 0.503. The monoisotopic (exact) mass is 450 g/mol. The lowest BCUT2D eigenvalue weighted by molar-refractivity contribution is -0.00964. The molecule has 1 aromatic heterocycles. The molecule has 1 unspecified atom stereocenters. The van der Waals surface area contributed by atoms with E-state index in [1.54, 1.807) is 14.0 Å². The number of benzene rings is 2. The number of carbonyl (C=O) groups is 1. The lowest BCUT2D eigenvalue weighted by Gasteiger charge is -2.41. The summed E-state index contributed by atoms with van der Waals surface area (Å²) in [5.41, 5.74) is 5.51. The predicted octanol–water partition coefficient (Wildman–Crippen LogP) is 5.12. The largest absolute Gasteiger partial charge is 0.513 e. The molecule has 0 N–H and O–H groups in total. The highest BCUT2D eigenvalue weighted by Crippen LogP contribution is 2.46. The molecule has 7 nitrogen and oxygen atoms in total. The lowest BCUT2D eigenvalue weighted by Crippen LogP contribution is -2.40. The predicted molar refractivity (Wildman–Crippen MR) is 125 cm³/mol. The number of hydrogen-bond donors (Lipinski definition) is 0. The number of aromatic nitrogens is 1. The fourth-order valence-corrected chi connectivity index (χ4v) is 5.09. The van der Waals surface area contributed by atoms with E-state index in [4.69, 9.17) is 18.9 Å². The maximum atomic E-state index is 12.3. The zero-order chi connectivity index (χ0) is 23.1. The van der Waals surface area contributed by atoms with E-state index in [9.17, 15) is 4.79 Å². The molecule has 0 amide bonds. The SMILES string of the molecule is CCCc1c(OC(=O)OCC)c2c3c(ccc2n1C)OC1c2ccc(OC)cc2CCN1C3. The minimum Gasteiger partial charge on any atom is -0.497 e. The normalized spacial score (nSPS) is 17.0. The molecule has 0 bridgehead atoms. The number of nitrogens with zero attached hydrogens (tertiary/aromatic N) is 2. The molecule has 2 aliphatic heterocycles. The summed E-state index contributed by atoms with van der Waals surface area (Å²) in [5.74, 6) is 2.29. The van der Waals surface area contributed by atoms with Crippen LogP contribution in [0.4, 0.5) is 4.79 Å². The Labute approximate surface area is 193 Å². The molecule has 0 fully saturated rings. The highest BCUT2D eigenvalue weighted by molar-refractivity contribution is 5.95. The summed E-state index contributed by atoms with van der Waals surface area (Å²) in [6.45, 7) is 5.76. The van der Waals surface area contributed by atoms with Crippen LogP contribution in [0.2, 0.25) is 0 Å². The zero-order valence-electron chi connectivity index (χ0n) is 19.6. The van der Waals surface area contributed by atoms with Crippen LogP contribution in [-0.4, -0.2) is 35.9 Å². The molecule has 0 saturated carbocycles. The molecule has 5 rings (SSSR count). The van der Waals surface area contributed by atoms with Crippen molar-refractivity contribution in [3.8, 4) is 17.2 Å². The molecule has 2 aliphatic rings. The molecule has 2 aromatic carbocycles. The van der Waals surface area contributed by atoms with Crippen molar-refractivity contribution in [1.82, 2.24) is 9.47 Å². The van der Waals surface area contributed by atoms with Crippen LogP contribution in [0, 0.1) is 0 Å². The summed E-state index contributed by atoms with van der Waals surface area (Å²) >= 11 is 0. The van der Waals surface area contributed by atoms with Crippen LogP contribution in [0.25, 0.3) is 10.9 Å². The topological polar surface area (TPSA) is 62.2 Å². The van der Waals surface area contributed by atoms with Gasteiger partial charge < -0.3 is 23.5 Å². The first-order chi connectivity index (χ1) is 16.0. The van der Waals surface area contributed by atoms with Gasteiger partial charge in [-0.1, -0.05) is 13.3 Å². The van der Waals surface area contributed by atoms with Gasteiger partial charge in [-0.2, -0.15) is 0 Å². The molecule has 33 heavy (non-hydrogen) atoms. The fraction of sp³-hybridized carbons (Fsp3) is 0.423. The molecule has 0 saturated heterocycles. The average molecular weight is 451 g/mol. The number of carbonyl (C=O) groups excluding carboxylic acids is 1. The van der Waals surface area contributed by atoms with Crippen molar-refractivity contribution < 1.29 is 23.7 Å². The number of aryl methyl sites for hydroxylation is 1. The second kappa shape index (κ2) is 8.63. The summed E-state index contributed by atoms with van der Waals surface area (Å²) in [7, 11) is 3.72. The Morgan fingerprint density at radius 1 is 1.21 bits per heavy atom. The van der Waals surface area contributed by atoms with Crippen LogP contribution in [0.3, 0.4) is 0 Å². The first kappa shape index (κ1) is 21.6. The molecule has 174 valence electrons. The van der Waals surface area contributed by atoms with E-state index in [2.05, 4.69) is 34.6 Å². The fourth-order valence-electron chi connectivity index (χ4n) is 5.09. The van der Waals surface area contributed by atoms with Gasteiger partial charge in [-0.3, -0.25) is 4.90 Å². The van der Waals surface area contributed by atoms with Crippen molar-refractivity contribution in [2.24, 2.45) is 7.05 Å². The summed E-state index contributed by atoms with van der Waals surface area (Å²) in [6, 6.07) is 10.3. The maximum absolute atomic E-state index is 12.3. The van der Waals surface area contributed by atoms with Crippen LogP contribution in [0.5, 0.6) is 17.2 Å². The van der Waals surface area contributed by atoms with Gasteiger partial charge in [0.1, 0.15) is 11.5 Å². The Bertz CT molecular complexity index is 1220. The van der Waals surface area contributed by atoms with Crippen LogP contribution in [0.15, 0.2) is 30.3 Å². The molecule has 7 heteroatoms. The van der Waals surface area contributed by atoms with Gasteiger partial charge in [-0.25, -0.2) is 4.79 Å². The van der Waals surface area contributed by atoms with Gasteiger partial charge in [-0.15, -0.1) is 0 Å². The molecule has 3 aromatic rings. The smallest absolute Gasteiger partial charge is 0.497 e. The summed E-state index contributed by atoms with van der Waals surface area (Å²) < 4.78 is 25.0. The molecule has 0 aliphatic carbocycles. The first-order valence-corrected chi connectivity index (χ1v) is 11.6. The number of ether oxygens (including phenoxy) is 4. The van der Waals surface area contributed by atoms with E-state index in [0.29, 0.717) is 5.75 Å². The van der Waals surface area contributed by atoms with Crippen LogP contribution >= 0.6 is 0 Å². The second-order valence-electron chi connectivity index (χ2n) is 8.56. The third-order valence-electron chi connectivity index (χ3n) is 6.65. The Morgan fingerprint density at radius 3 is 2.82 bits per heavy atom. The van der Waals surface area contributed by atoms with Gasteiger partial charge in [-0.05, 0) is 55.7 Å². The summed E-state index contributed by atoms with van der Waals surface area (Å²) in [4.78, 5) is 14.6. The third-order valence-corrected chi connectivity index (χ3v) is 6.65. The number of rotatable bonds is 5. The molecule has 0 spiro atoms. The highest BCUT2D eigenvalue weighted by atomic mass is 16.7. The van der Waals surface area contributed by atoms with E-state index >= 15 is 0 Å². The van der Waals surface area contributed by atoms with Gasteiger partial charge in [0.05, 0.1) is 30.3 Å². The van der Waals surface area contributed by atoms with Crippen molar-refractivity contribution >= 4 is 17.1 Å². The Morgan fingerprint density at radius 2 is 2.06 bits per heavy atom. The molecule has 0 radical (unpaired) electrons. The van der Waals surface area contributed by atoms with Crippen LogP contribution in [0.1, 0.15) is 48.9 Å². The van der Waals surface area contributed by atoms with Gasteiger partial charge in [0.25, 0.3) is 0 Å². The lowest BCUT2D eigenvalue weighted by atomic mass is 9.95. The number of hydrogen-bond acceptors (Lipinski definition) is 6. The standard InChI is InChI=1S/C26H30N2O5/c1-5-7-21-24(33-26(29)31-6-2)23-19-15-28-13-12-16-14-17(30-4)8-9-18(16)25(28)32-22(19)11-10-20(23)27(21)3/h8-11,14,25H,5-7,12-13,15H2,1-4H3. The maximum Gasteiger partial charge on any atom is 0.513 e. The molecular formula is C26H30N2O5. The van der Waals surface area contributed by atoms with Crippen LogP contribution < -0.4 is 14.2 Å². The van der Waals surface area contributed by atoms with E-state index in [1.165, 1.54) is 11.1 Å². The van der Waals surface area contributed by atoms with Gasteiger partial charge in [0.2, 0.25) is 0 Å². The van der Waals surface area contributed by atoms with Gasteiger partial charge in [0, 0.05) is 31.3 Å². The van der Waals surface area contributed by atoms with Crippen molar-refractivity contribution in [3.63, 3.8) is 0 Å². The Balaban J connectivity index is 1.60. The third kappa shape index (κ3) is 3.60. The number of fused-ring (bicyclic) bond motifs is 6. The van der Waals surface area contributed by atoms with Gasteiger partial charge in [0.15, 0.2) is 12.0 Å². The molecular weight excluding hydrogens is 420 g/mol. The van der Waals surface area contributed by atoms with E-state index in [1.807, 2.05) is 19.2 Å². The van der Waals surface area contributed by atoms with Crippen LogP contribution in [-0.2, 0) is 31.2 Å². The molecule has 3 heterocycles. The summed E-state index contributed by atoms with van der Waals surface area (Å²) in [5, 5.41) is 0.936. The van der Waals surface area contributed by atoms with E-state index < -0.39 is 6.16 Å². The first-order valence-electron chi connectivity index (χ1n) is 11.6. The zero-order valence-corrected chi connectivity index (χ0v) is 19.6. The minimum atomic E-state index is -0.671. The second-order valence-corrected chi connectivity index (χ2v) is 8.56. The molecule has 1 atom stereocenters. The van der Waals surface area contributed by atoms with Crippen molar-refractivity contribution in [1.29, 1.82) is 0 Å². The van der Waals surface area contributed by atoms with Crippen molar-refractivity contribution in [3.05, 3.63) is 52.7 Å². The Kier molecular flexibility index (Phi) is 5.66. The average Bonchev–Trinajstić information content (AvgIpc) is 3.09. The van der Waals surface area contributed by atoms with Gasteiger partial charge >= 0.3 is 6.16 Å². The minimum absolute atomic E-state index is 0.141. The van der Waals surface area contributed by atoms with Crippen molar-refractivity contribution in [2.45, 2.75) is 45.9 Å². The Hall–Kier alpha value is -3.19. The van der Waals surface area contributed by atoms with Crippen molar-refractivity contribution in [2.75, 3.05) is 20.3 Å². The summed E-state index contributed by atoms with van der Waals surface area (Å²) in [6.07, 6.45) is 1.86. The number of methoxy groups -OCH3 is 1. The van der Waals surface area contributed by atoms with E-state index in [0.717, 1.165) is 66.0 Å². The van der Waals surface area contributed by atoms with E-state index in [-0.39, 0.29) is 12.8 Å². The highest BCUT2D eigenvalue weighted by Gasteiger charge is 2.36.